The second-order valence-corrected chi connectivity index (χ2v) is 6.11. The van der Waals surface area contributed by atoms with Crippen LogP contribution in [0.4, 0.5) is 0 Å². The predicted octanol–water partition coefficient (Wildman–Crippen LogP) is 0.964. The molecule has 6 nitrogen and oxygen atoms in total. The number of aromatic amines is 1. The molecule has 2 fully saturated rings. The summed E-state index contributed by atoms with van der Waals surface area (Å²) in [5, 5.41) is 0. The number of aromatic nitrogens is 3. The van der Waals surface area contributed by atoms with Gasteiger partial charge in [-0.05, 0) is 36.8 Å². The van der Waals surface area contributed by atoms with Crippen LogP contribution in [0.25, 0.3) is 11.0 Å². The van der Waals surface area contributed by atoms with E-state index in [0.29, 0.717) is 28.9 Å². The van der Waals surface area contributed by atoms with Gasteiger partial charge in [0.2, 0.25) is 0 Å². The van der Waals surface area contributed by atoms with Gasteiger partial charge in [-0.15, -0.1) is 0 Å². The lowest BCUT2D eigenvalue weighted by molar-refractivity contribution is 0.0764. The molecule has 1 unspecified atom stereocenters. The van der Waals surface area contributed by atoms with E-state index in [2.05, 4.69) is 21.9 Å². The van der Waals surface area contributed by atoms with Gasteiger partial charge in [-0.1, -0.05) is 6.92 Å². The third kappa shape index (κ3) is 1.86. The molecule has 108 valence electrons. The first-order chi connectivity index (χ1) is 10.0. The van der Waals surface area contributed by atoms with Crippen LogP contribution in [0.1, 0.15) is 23.2 Å². The Balaban J connectivity index is 1.68. The lowest BCUT2D eigenvalue weighted by Gasteiger charge is -2.18. The number of carbonyl (C=O) groups is 1. The SMILES string of the molecule is Cc1nc2ccc(C(=O)N3C[C@@H]4C(C)[C@@H]4C3)nc2c(=O)[nH]1. The topological polar surface area (TPSA) is 79.0 Å². The molecule has 2 aliphatic rings. The molecule has 0 spiro atoms. The second kappa shape index (κ2) is 4.13. The molecule has 1 amide bonds. The Morgan fingerprint density at radius 2 is 2.00 bits per heavy atom. The number of H-pyrrole nitrogens is 1. The zero-order valence-corrected chi connectivity index (χ0v) is 12.0. The molecule has 21 heavy (non-hydrogen) atoms. The smallest absolute Gasteiger partial charge is 0.277 e. The van der Waals surface area contributed by atoms with Crippen molar-refractivity contribution in [3.63, 3.8) is 0 Å². The molecule has 4 rings (SSSR count). The van der Waals surface area contributed by atoms with E-state index in [9.17, 15) is 9.59 Å². The number of rotatable bonds is 1. The van der Waals surface area contributed by atoms with Gasteiger partial charge in [0, 0.05) is 13.1 Å². The minimum Gasteiger partial charge on any atom is -0.337 e. The van der Waals surface area contributed by atoms with Crippen molar-refractivity contribution >= 4 is 16.9 Å². The van der Waals surface area contributed by atoms with Gasteiger partial charge in [0.15, 0.2) is 5.52 Å². The van der Waals surface area contributed by atoms with Crippen LogP contribution in [0.2, 0.25) is 0 Å². The zero-order valence-electron chi connectivity index (χ0n) is 12.0. The van der Waals surface area contributed by atoms with Crippen molar-refractivity contribution in [3.8, 4) is 0 Å². The van der Waals surface area contributed by atoms with Crippen LogP contribution in [0.3, 0.4) is 0 Å². The van der Waals surface area contributed by atoms with Gasteiger partial charge in [0.05, 0.1) is 5.52 Å². The Bertz CT molecular complexity index is 801. The Hall–Kier alpha value is -2.24. The van der Waals surface area contributed by atoms with Crippen molar-refractivity contribution in [2.45, 2.75) is 13.8 Å². The highest BCUT2D eigenvalue weighted by Gasteiger charge is 2.53. The lowest BCUT2D eigenvalue weighted by Crippen LogP contribution is -2.32. The number of carbonyl (C=O) groups excluding carboxylic acids is 1. The first-order valence-electron chi connectivity index (χ1n) is 7.21. The van der Waals surface area contributed by atoms with Gasteiger partial charge in [-0.2, -0.15) is 0 Å². The van der Waals surface area contributed by atoms with Crippen LogP contribution in [0, 0.1) is 24.7 Å². The van der Waals surface area contributed by atoms with E-state index in [1.807, 2.05) is 4.90 Å². The number of likely N-dealkylation sites (tertiary alicyclic amines) is 1. The van der Waals surface area contributed by atoms with Crippen molar-refractivity contribution < 1.29 is 4.79 Å². The standard InChI is InChI=1S/C15H16N4O2/c1-7-9-5-19(6-10(7)9)15(21)12-4-3-11-13(18-12)14(20)17-8(2)16-11/h3-4,7,9-10H,5-6H2,1-2H3,(H,16,17,20)/t7?,9-,10+. The predicted molar refractivity (Wildman–Crippen MR) is 76.9 cm³/mol. The van der Waals surface area contributed by atoms with Gasteiger partial charge in [-0.25, -0.2) is 9.97 Å². The monoisotopic (exact) mass is 284 g/mol. The number of pyridine rings is 1. The zero-order chi connectivity index (χ0) is 14.7. The Morgan fingerprint density at radius 1 is 1.29 bits per heavy atom. The molecule has 3 heterocycles. The van der Waals surface area contributed by atoms with Gasteiger partial charge in [0.1, 0.15) is 11.5 Å². The fourth-order valence-electron chi connectivity index (χ4n) is 3.41. The molecule has 1 aliphatic carbocycles. The van der Waals surface area contributed by atoms with Crippen molar-refractivity contribution in [1.29, 1.82) is 0 Å². The van der Waals surface area contributed by atoms with Crippen LogP contribution in [-0.4, -0.2) is 38.8 Å². The Morgan fingerprint density at radius 3 is 2.71 bits per heavy atom. The van der Waals surface area contributed by atoms with Crippen molar-refractivity contribution in [1.82, 2.24) is 19.9 Å². The van der Waals surface area contributed by atoms with E-state index in [4.69, 9.17) is 0 Å². The average molecular weight is 284 g/mol. The maximum atomic E-state index is 12.5. The number of aryl methyl sites for hydroxylation is 1. The van der Waals surface area contributed by atoms with Gasteiger partial charge in [0.25, 0.3) is 11.5 Å². The summed E-state index contributed by atoms with van der Waals surface area (Å²) in [4.78, 5) is 37.3. The lowest BCUT2D eigenvalue weighted by atomic mass is 10.2. The van der Waals surface area contributed by atoms with E-state index in [1.54, 1.807) is 19.1 Å². The number of fused-ring (bicyclic) bond motifs is 2. The number of amides is 1. The average Bonchev–Trinajstić information content (AvgIpc) is 2.89. The third-order valence-electron chi connectivity index (χ3n) is 4.80. The minimum atomic E-state index is -0.301. The van der Waals surface area contributed by atoms with E-state index in [1.165, 1.54) is 0 Å². The summed E-state index contributed by atoms with van der Waals surface area (Å²) in [6.07, 6.45) is 0. The number of hydrogen-bond donors (Lipinski definition) is 1. The summed E-state index contributed by atoms with van der Waals surface area (Å²) >= 11 is 0. The molecule has 0 aromatic carbocycles. The fourth-order valence-corrected chi connectivity index (χ4v) is 3.41. The molecule has 2 aromatic rings. The van der Waals surface area contributed by atoms with E-state index in [-0.39, 0.29) is 17.0 Å². The van der Waals surface area contributed by atoms with E-state index >= 15 is 0 Å². The highest BCUT2D eigenvalue weighted by molar-refractivity contribution is 5.94. The van der Waals surface area contributed by atoms with Gasteiger partial charge < -0.3 is 9.88 Å². The quantitative estimate of drug-likeness (QED) is 0.846. The first kappa shape index (κ1) is 12.5. The maximum Gasteiger partial charge on any atom is 0.277 e. The van der Waals surface area contributed by atoms with Crippen LogP contribution in [0.15, 0.2) is 16.9 Å². The molecular weight excluding hydrogens is 268 g/mol. The minimum absolute atomic E-state index is 0.0868. The Kier molecular flexibility index (Phi) is 2.46. The molecule has 1 aliphatic heterocycles. The van der Waals surface area contributed by atoms with E-state index in [0.717, 1.165) is 19.0 Å². The molecule has 1 saturated heterocycles. The summed E-state index contributed by atoms with van der Waals surface area (Å²) in [5.41, 5.74) is 0.771. The van der Waals surface area contributed by atoms with Crippen molar-refractivity contribution in [2.75, 3.05) is 13.1 Å². The molecule has 6 heteroatoms. The maximum absolute atomic E-state index is 12.5. The number of hydrogen-bond acceptors (Lipinski definition) is 4. The number of piperidine rings is 1. The first-order valence-corrected chi connectivity index (χ1v) is 7.21. The van der Waals surface area contributed by atoms with Crippen molar-refractivity contribution in [3.05, 3.63) is 34.0 Å². The largest absolute Gasteiger partial charge is 0.337 e. The molecule has 0 bridgehead atoms. The molecule has 2 aromatic heterocycles. The Labute approximate surface area is 121 Å². The van der Waals surface area contributed by atoms with Crippen LogP contribution >= 0.6 is 0 Å². The highest BCUT2D eigenvalue weighted by atomic mass is 16.2. The summed E-state index contributed by atoms with van der Waals surface area (Å²) in [6, 6.07) is 3.35. The van der Waals surface area contributed by atoms with Crippen LogP contribution in [0.5, 0.6) is 0 Å². The summed E-state index contributed by atoms with van der Waals surface area (Å²) < 4.78 is 0. The fraction of sp³-hybridized carbons (Fsp3) is 0.467. The molecule has 1 N–H and O–H groups in total. The summed E-state index contributed by atoms with van der Waals surface area (Å²) in [5.74, 6) is 2.51. The summed E-state index contributed by atoms with van der Waals surface area (Å²) in [6.45, 7) is 5.58. The van der Waals surface area contributed by atoms with Gasteiger partial charge >= 0.3 is 0 Å². The number of nitrogens with one attached hydrogen (secondary N) is 1. The molecule has 1 saturated carbocycles. The highest BCUT2D eigenvalue weighted by Crippen LogP contribution is 2.51. The third-order valence-corrected chi connectivity index (χ3v) is 4.80. The van der Waals surface area contributed by atoms with Crippen molar-refractivity contribution in [2.24, 2.45) is 17.8 Å². The number of nitrogens with zero attached hydrogens (tertiary/aromatic N) is 3. The van der Waals surface area contributed by atoms with Gasteiger partial charge in [-0.3, -0.25) is 9.59 Å². The molecular formula is C15H16N4O2. The normalized spacial score (nSPS) is 27.0. The molecule has 0 radical (unpaired) electrons. The molecule has 3 atom stereocenters. The summed E-state index contributed by atoms with van der Waals surface area (Å²) in [7, 11) is 0. The van der Waals surface area contributed by atoms with Crippen LogP contribution in [-0.2, 0) is 0 Å². The second-order valence-electron chi connectivity index (χ2n) is 6.11. The van der Waals surface area contributed by atoms with E-state index < -0.39 is 0 Å². The van der Waals surface area contributed by atoms with Crippen LogP contribution < -0.4 is 5.56 Å².